The summed E-state index contributed by atoms with van der Waals surface area (Å²) in [6.07, 6.45) is 2.32. The second-order valence-corrected chi connectivity index (χ2v) is 6.28. The van der Waals surface area contributed by atoms with Crippen molar-refractivity contribution in [1.82, 2.24) is 14.9 Å². The molecule has 0 saturated heterocycles. The quantitative estimate of drug-likeness (QED) is 0.693. The minimum atomic E-state index is 0.497. The van der Waals surface area contributed by atoms with Crippen molar-refractivity contribution < 1.29 is 0 Å². The fourth-order valence-electron chi connectivity index (χ4n) is 1.78. The van der Waals surface area contributed by atoms with E-state index in [0.717, 1.165) is 35.1 Å². The maximum Gasteiger partial charge on any atom is 0.210 e. The molecular formula is C12H12Cl2N4S. The molecule has 1 heterocycles. The Kier molecular flexibility index (Phi) is 3.60. The second kappa shape index (κ2) is 5.23. The van der Waals surface area contributed by atoms with Crippen molar-refractivity contribution in [3.05, 3.63) is 39.6 Å². The molecule has 1 aromatic carbocycles. The van der Waals surface area contributed by atoms with E-state index in [1.54, 1.807) is 22.5 Å². The first-order chi connectivity index (χ1) is 9.15. The standard InChI is InChI=1S/C12H12Cl2N4S/c13-9-4-1-7(5-10(9)14)6-19-12-17-16-11(18(12)15)8-2-3-8/h1,4-5,8H,2-3,6,15H2. The minimum absolute atomic E-state index is 0.497. The summed E-state index contributed by atoms with van der Waals surface area (Å²) in [5, 5.41) is 10.1. The van der Waals surface area contributed by atoms with Gasteiger partial charge in [0.1, 0.15) is 0 Å². The van der Waals surface area contributed by atoms with Gasteiger partial charge in [-0.3, -0.25) is 0 Å². The van der Waals surface area contributed by atoms with Gasteiger partial charge in [0, 0.05) is 11.7 Å². The molecule has 1 fully saturated rings. The van der Waals surface area contributed by atoms with E-state index < -0.39 is 0 Å². The zero-order valence-electron chi connectivity index (χ0n) is 10.0. The van der Waals surface area contributed by atoms with E-state index in [1.165, 1.54) is 0 Å². The highest BCUT2D eigenvalue weighted by Gasteiger charge is 2.29. The van der Waals surface area contributed by atoms with Crippen molar-refractivity contribution >= 4 is 35.0 Å². The van der Waals surface area contributed by atoms with E-state index >= 15 is 0 Å². The largest absolute Gasteiger partial charge is 0.336 e. The smallest absolute Gasteiger partial charge is 0.210 e. The molecule has 0 radical (unpaired) electrons. The summed E-state index contributed by atoms with van der Waals surface area (Å²) >= 11 is 13.4. The highest BCUT2D eigenvalue weighted by molar-refractivity contribution is 7.98. The average Bonchev–Trinajstić information content (AvgIpc) is 3.16. The first-order valence-electron chi connectivity index (χ1n) is 5.92. The predicted molar refractivity (Wildman–Crippen MR) is 78.2 cm³/mol. The zero-order chi connectivity index (χ0) is 13.4. The molecule has 0 bridgehead atoms. The van der Waals surface area contributed by atoms with Crippen LogP contribution in [0.1, 0.15) is 30.1 Å². The Morgan fingerprint density at radius 1 is 1.26 bits per heavy atom. The van der Waals surface area contributed by atoms with Gasteiger partial charge in [-0.1, -0.05) is 41.0 Å². The molecule has 1 aliphatic carbocycles. The molecule has 0 aliphatic heterocycles. The maximum absolute atomic E-state index is 5.99. The number of hydrogen-bond donors (Lipinski definition) is 1. The van der Waals surface area contributed by atoms with Crippen LogP contribution < -0.4 is 5.84 Å². The Bertz CT molecular complexity index is 610. The van der Waals surface area contributed by atoms with E-state index in [0.29, 0.717) is 16.0 Å². The lowest BCUT2D eigenvalue weighted by Gasteiger charge is -2.04. The van der Waals surface area contributed by atoms with Gasteiger partial charge in [0.05, 0.1) is 10.0 Å². The van der Waals surface area contributed by atoms with Crippen molar-refractivity contribution in [3.8, 4) is 0 Å². The number of rotatable bonds is 4. The van der Waals surface area contributed by atoms with Gasteiger partial charge in [0.15, 0.2) is 5.82 Å². The molecule has 1 aliphatic rings. The first kappa shape index (κ1) is 13.1. The highest BCUT2D eigenvalue weighted by Crippen LogP contribution is 2.39. The number of aromatic nitrogens is 3. The fourth-order valence-corrected chi connectivity index (χ4v) is 2.91. The number of thioether (sulfide) groups is 1. The van der Waals surface area contributed by atoms with Gasteiger partial charge >= 0.3 is 0 Å². The van der Waals surface area contributed by atoms with Gasteiger partial charge in [-0.15, -0.1) is 10.2 Å². The Hall–Kier alpha value is -0.910. The SMILES string of the molecule is Nn1c(SCc2ccc(Cl)c(Cl)c2)nnc1C1CC1. The number of nitrogens with zero attached hydrogens (tertiary/aromatic N) is 3. The third-order valence-electron chi connectivity index (χ3n) is 2.99. The van der Waals surface area contributed by atoms with Gasteiger partial charge in [-0.05, 0) is 30.5 Å². The van der Waals surface area contributed by atoms with Crippen LogP contribution in [0.4, 0.5) is 0 Å². The molecule has 4 nitrogen and oxygen atoms in total. The van der Waals surface area contributed by atoms with E-state index in [2.05, 4.69) is 10.2 Å². The third kappa shape index (κ3) is 2.83. The normalized spacial score (nSPS) is 14.8. The topological polar surface area (TPSA) is 56.7 Å². The minimum Gasteiger partial charge on any atom is -0.336 e. The number of hydrogen-bond acceptors (Lipinski definition) is 4. The summed E-state index contributed by atoms with van der Waals surface area (Å²) < 4.78 is 1.60. The summed E-state index contributed by atoms with van der Waals surface area (Å²) in [7, 11) is 0. The van der Waals surface area contributed by atoms with E-state index in [4.69, 9.17) is 29.0 Å². The summed E-state index contributed by atoms with van der Waals surface area (Å²) in [6, 6.07) is 5.60. The average molecular weight is 315 g/mol. The van der Waals surface area contributed by atoms with Crippen LogP contribution in [-0.4, -0.2) is 14.9 Å². The van der Waals surface area contributed by atoms with Crippen LogP contribution in [0, 0.1) is 0 Å². The van der Waals surface area contributed by atoms with Crippen LogP contribution in [0.15, 0.2) is 23.4 Å². The van der Waals surface area contributed by atoms with Crippen LogP contribution in [0.3, 0.4) is 0 Å². The van der Waals surface area contributed by atoms with Crippen molar-refractivity contribution in [3.63, 3.8) is 0 Å². The van der Waals surface area contributed by atoms with Crippen LogP contribution >= 0.6 is 35.0 Å². The maximum atomic E-state index is 5.99. The second-order valence-electron chi connectivity index (χ2n) is 4.52. The molecule has 2 aromatic rings. The Morgan fingerprint density at radius 2 is 2.05 bits per heavy atom. The monoisotopic (exact) mass is 314 g/mol. The summed E-state index contributed by atoms with van der Waals surface area (Å²) in [5.41, 5.74) is 1.08. The van der Waals surface area contributed by atoms with Crippen molar-refractivity contribution in [2.45, 2.75) is 29.7 Å². The molecular weight excluding hydrogens is 303 g/mol. The summed E-state index contributed by atoms with van der Waals surface area (Å²) in [5.74, 6) is 8.10. The lowest BCUT2D eigenvalue weighted by atomic mass is 10.2. The number of nitrogen functional groups attached to an aromatic ring is 1. The molecule has 0 amide bonds. The fraction of sp³-hybridized carbons (Fsp3) is 0.333. The molecule has 0 spiro atoms. The Morgan fingerprint density at radius 3 is 2.74 bits per heavy atom. The Balaban J connectivity index is 1.70. The molecule has 1 aromatic heterocycles. The van der Waals surface area contributed by atoms with Crippen molar-refractivity contribution in [2.24, 2.45) is 0 Å². The summed E-state index contributed by atoms with van der Waals surface area (Å²) in [6.45, 7) is 0. The van der Waals surface area contributed by atoms with E-state index in [9.17, 15) is 0 Å². The number of benzene rings is 1. The molecule has 0 unspecified atom stereocenters. The molecule has 2 N–H and O–H groups in total. The van der Waals surface area contributed by atoms with Crippen molar-refractivity contribution in [2.75, 3.05) is 5.84 Å². The zero-order valence-corrected chi connectivity index (χ0v) is 12.3. The lowest BCUT2D eigenvalue weighted by molar-refractivity contribution is 0.790. The molecule has 0 atom stereocenters. The van der Waals surface area contributed by atoms with E-state index in [1.807, 2.05) is 12.1 Å². The first-order valence-corrected chi connectivity index (χ1v) is 7.66. The predicted octanol–water partition coefficient (Wildman–Crippen LogP) is 3.47. The van der Waals surface area contributed by atoms with Gasteiger partial charge < -0.3 is 5.84 Å². The molecule has 3 rings (SSSR count). The van der Waals surface area contributed by atoms with Gasteiger partial charge in [-0.2, -0.15) is 0 Å². The van der Waals surface area contributed by atoms with Crippen LogP contribution in [0.25, 0.3) is 0 Å². The lowest BCUT2D eigenvalue weighted by Crippen LogP contribution is -2.13. The van der Waals surface area contributed by atoms with E-state index in [-0.39, 0.29) is 0 Å². The summed E-state index contributed by atoms with van der Waals surface area (Å²) in [4.78, 5) is 0. The van der Waals surface area contributed by atoms with Gasteiger partial charge in [0.2, 0.25) is 5.16 Å². The van der Waals surface area contributed by atoms with Gasteiger partial charge in [-0.25, -0.2) is 4.68 Å². The van der Waals surface area contributed by atoms with Crippen LogP contribution in [0.2, 0.25) is 10.0 Å². The number of nitrogens with two attached hydrogens (primary N) is 1. The van der Waals surface area contributed by atoms with Gasteiger partial charge in [0.25, 0.3) is 0 Å². The van der Waals surface area contributed by atoms with Crippen LogP contribution in [-0.2, 0) is 5.75 Å². The molecule has 19 heavy (non-hydrogen) atoms. The molecule has 1 saturated carbocycles. The third-order valence-corrected chi connectivity index (χ3v) is 4.74. The molecule has 100 valence electrons. The van der Waals surface area contributed by atoms with Crippen LogP contribution in [0.5, 0.6) is 0 Å². The highest BCUT2D eigenvalue weighted by atomic mass is 35.5. The number of halogens is 2. The van der Waals surface area contributed by atoms with Crippen molar-refractivity contribution in [1.29, 1.82) is 0 Å². The molecule has 7 heteroatoms. The Labute approximate surface area is 125 Å².